The number of hydroxylamine groups is 1. The molecule has 3 heteroatoms. The highest BCUT2D eigenvalue weighted by atomic mass is 16.7. The number of nitrogens with one attached hydrogen (secondary N) is 1. The summed E-state index contributed by atoms with van der Waals surface area (Å²) in [6.07, 6.45) is 5.09. The summed E-state index contributed by atoms with van der Waals surface area (Å²) in [6, 6.07) is 0. The van der Waals surface area contributed by atoms with Crippen LogP contribution in [-0.2, 0) is 4.84 Å². The fourth-order valence-electron chi connectivity index (χ4n) is 0.423. The van der Waals surface area contributed by atoms with Crippen LogP contribution in [0.5, 0.6) is 0 Å². The van der Waals surface area contributed by atoms with E-state index >= 15 is 0 Å². The molecule has 1 rings (SSSR count). The summed E-state index contributed by atoms with van der Waals surface area (Å²) in [5.41, 5.74) is 2.48. The first-order valence-electron chi connectivity index (χ1n) is 2.32. The Morgan fingerprint density at radius 2 is 2.62 bits per heavy atom. The van der Waals surface area contributed by atoms with Gasteiger partial charge >= 0.3 is 0 Å². The maximum Gasteiger partial charge on any atom is 0.157 e. The molecule has 0 radical (unpaired) electrons. The first-order chi connectivity index (χ1) is 3.93. The van der Waals surface area contributed by atoms with Gasteiger partial charge in [0.25, 0.3) is 0 Å². The van der Waals surface area contributed by atoms with Crippen molar-refractivity contribution in [1.29, 1.82) is 0 Å². The van der Waals surface area contributed by atoms with E-state index in [2.05, 4.69) is 5.48 Å². The van der Waals surface area contributed by atoms with Crippen molar-refractivity contribution in [1.82, 2.24) is 5.48 Å². The first-order valence-corrected chi connectivity index (χ1v) is 2.32. The van der Waals surface area contributed by atoms with Crippen LogP contribution in [0.1, 0.15) is 0 Å². The summed E-state index contributed by atoms with van der Waals surface area (Å²) < 4.78 is 0. The summed E-state index contributed by atoms with van der Waals surface area (Å²) in [7, 11) is 0. The molecule has 1 aliphatic rings. The highest BCUT2D eigenvalue weighted by Crippen LogP contribution is 1.96. The molecule has 0 saturated heterocycles. The van der Waals surface area contributed by atoms with Crippen LogP contribution < -0.4 is 5.48 Å². The van der Waals surface area contributed by atoms with Gasteiger partial charge in [0, 0.05) is 6.20 Å². The average molecular weight is 113 g/mol. The van der Waals surface area contributed by atoms with Gasteiger partial charge < -0.3 is 9.94 Å². The van der Waals surface area contributed by atoms with Crippen molar-refractivity contribution < 1.29 is 9.94 Å². The number of rotatable bonds is 1. The average Bonchev–Trinajstić information content (AvgIpc) is 1.90. The van der Waals surface area contributed by atoms with Gasteiger partial charge in [0.15, 0.2) is 5.76 Å². The summed E-state index contributed by atoms with van der Waals surface area (Å²) in [4.78, 5) is 4.70. The largest absolute Gasteiger partial charge is 0.388 e. The van der Waals surface area contributed by atoms with E-state index < -0.39 is 0 Å². The van der Waals surface area contributed by atoms with E-state index in [0.717, 1.165) is 0 Å². The molecule has 0 fully saturated rings. The molecule has 0 aromatic carbocycles. The third-order valence-electron chi connectivity index (χ3n) is 0.792. The normalized spacial score (nSPS) is 16.4. The molecule has 0 amide bonds. The lowest BCUT2D eigenvalue weighted by Gasteiger charge is -2.07. The lowest BCUT2D eigenvalue weighted by atomic mass is 10.4. The molecule has 0 atom stereocenters. The van der Waals surface area contributed by atoms with Crippen molar-refractivity contribution in [3.8, 4) is 0 Å². The molecule has 0 unspecified atom stereocenters. The van der Waals surface area contributed by atoms with E-state index in [0.29, 0.717) is 5.76 Å². The van der Waals surface area contributed by atoms with Crippen molar-refractivity contribution in [2.45, 2.75) is 0 Å². The van der Waals surface area contributed by atoms with Gasteiger partial charge in [-0.15, -0.1) is 0 Å². The fourth-order valence-corrected chi connectivity index (χ4v) is 0.423. The summed E-state index contributed by atoms with van der Waals surface area (Å²) in [5.74, 6) is 0.535. The molecule has 1 aliphatic heterocycles. The molecule has 0 aromatic heterocycles. The summed E-state index contributed by atoms with van der Waals surface area (Å²) in [5, 5.41) is 8.42. The van der Waals surface area contributed by atoms with Crippen LogP contribution in [0.3, 0.4) is 0 Å². The Morgan fingerprint density at radius 3 is 3.00 bits per heavy atom. The number of hydrogen-bond acceptors (Lipinski definition) is 3. The topological polar surface area (TPSA) is 41.5 Å². The van der Waals surface area contributed by atoms with Crippen LogP contribution in [0, 0.1) is 0 Å². The molecule has 0 aromatic rings. The van der Waals surface area contributed by atoms with Crippen LogP contribution in [-0.4, -0.2) is 11.7 Å². The predicted octanol–water partition coefficient (Wildman–Crippen LogP) is -0.0889. The van der Waals surface area contributed by atoms with E-state index in [1.54, 1.807) is 18.4 Å². The van der Waals surface area contributed by atoms with Gasteiger partial charge in [-0.25, -0.2) is 5.48 Å². The van der Waals surface area contributed by atoms with Gasteiger partial charge in [-0.3, -0.25) is 0 Å². The standard InChI is InChI=1S/C5H7NO2/c7-4-5-2-1-3-6-8-5/h1-3,6-7H,4H2. The predicted molar refractivity (Wildman–Crippen MR) is 28.5 cm³/mol. The minimum absolute atomic E-state index is 0.0582. The highest BCUT2D eigenvalue weighted by Gasteiger charge is 1.94. The van der Waals surface area contributed by atoms with Gasteiger partial charge in [-0.05, 0) is 12.2 Å². The molecule has 2 N–H and O–H groups in total. The molecule has 44 valence electrons. The molecular formula is C5H7NO2. The van der Waals surface area contributed by atoms with Gasteiger partial charge in [0.05, 0.1) is 0 Å². The van der Waals surface area contributed by atoms with Gasteiger partial charge in [0.2, 0.25) is 0 Å². The third kappa shape index (κ3) is 1.01. The second-order valence-electron chi connectivity index (χ2n) is 1.37. The van der Waals surface area contributed by atoms with Gasteiger partial charge in [0.1, 0.15) is 6.61 Å². The van der Waals surface area contributed by atoms with Crippen molar-refractivity contribution in [2.24, 2.45) is 0 Å². The minimum Gasteiger partial charge on any atom is -0.388 e. The van der Waals surface area contributed by atoms with Gasteiger partial charge in [-0.2, -0.15) is 0 Å². The van der Waals surface area contributed by atoms with Gasteiger partial charge in [-0.1, -0.05) is 0 Å². The van der Waals surface area contributed by atoms with Crippen molar-refractivity contribution >= 4 is 0 Å². The maximum absolute atomic E-state index is 8.42. The van der Waals surface area contributed by atoms with Crippen molar-refractivity contribution in [3.05, 3.63) is 24.1 Å². The SMILES string of the molecule is OCC1=CC=CNO1. The Balaban J connectivity index is 2.50. The fraction of sp³-hybridized carbons (Fsp3) is 0.200. The minimum atomic E-state index is -0.0582. The van der Waals surface area contributed by atoms with Crippen LogP contribution in [0.2, 0.25) is 0 Å². The highest BCUT2D eigenvalue weighted by molar-refractivity contribution is 5.09. The Kier molecular flexibility index (Phi) is 1.54. The number of allylic oxidation sites excluding steroid dienone is 2. The summed E-state index contributed by atoms with van der Waals surface area (Å²) >= 11 is 0. The van der Waals surface area contributed by atoms with E-state index in [1.807, 2.05) is 0 Å². The lowest BCUT2D eigenvalue weighted by Crippen LogP contribution is -2.11. The van der Waals surface area contributed by atoms with Crippen LogP contribution >= 0.6 is 0 Å². The molecular weight excluding hydrogens is 106 g/mol. The second kappa shape index (κ2) is 2.37. The molecule has 3 nitrogen and oxygen atoms in total. The van der Waals surface area contributed by atoms with Crippen molar-refractivity contribution in [3.63, 3.8) is 0 Å². The molecule has 8 heavy (non-hydrogen) atoms. The number of hydrogen-bond donors (Lipinski definition) is 2. The third-order valence-corrected chi connectivity index (χ3v) is 0.792. The Labute approximate surface area is 47.2 Å². The van der Waals surface area contributed by atoms with E-state index in [4.69, 9.17) is 9.94 Å². The monoisotopic (exact) mass is 113 g/mol. The molecule has 0 spiro atoms. The van der Waals surface area contributed by atoms with Crippen LogP contribution in [0.25, 0.3) is 0 Å². The molecule has 1 heterocycles. The van der Waals surface area contributed by atoms with Crippen molar-refractivity contribution in [2.75, 3.05) is 6.61 Å². The maximum atomic E-state index is 8.42. The molecule has 0 aliphatic carbocycles. The smallest absolute Gasteiger partial charge is 0.157 e. The summed E-state index contributed by atoms with van der Waals surface area (Å²) in [6.45, 7) is -0.0582. The zero-order chi connectivity index (χ0) is 5.82. The zero-order valence-electron chi connectivity index (χ0n) is 4.29. The lowest BCUT2D eigenvalue weighted by molar-refractivity contribution is 0.104. The zero-order valence-corrected chi connectivity index (χ0v) is 4.29. The number of aliphatic hydroxyl groups excluding tert-OH is 1. The Bertz CT molecular complexity index is 128. The Morgan fingerprint density at radius 1 is 1.75 bits per heavy atom. The van der Waals surface area contributed by atoms with E-state index in [-0.39, 0.29) is 6.61 Å². The van der Waals surface area contributed by atoms with E-state index in [9.17, 15) is 0 Å². The molecule has 0 bridgehead atoms. The first kappa shape index (κ1) is 5.18. The Hall–Kier alpha value is -0.960. The quantitative estimate of drug-likeness (QED) is 0.499. The van der Waals surface area contributed by atoms with Crippen LogP contribution in [0.4, 0.5) is 0 Å². The second-order valence-corrected chi connectivity index (χ2v) is 1.37. The molecule has 0 saturated carbocycles. The number of aliphatic hydroxyl groups is 1. The van der Waals surface area contributed by atoms with Crippen LogP contribution in [0.15, 0.2) is 24.1 Å². The van der Waals surface area contributed by atoms with E-state index in [1.165, 1.54) is 0 Å².